The van der Waals surface area contributed by atoms with Crippen LogP contribution in [-0.4, -0.2) is 0 Å². The monoisotopic (exact) mass is 366 g/mol. The number of halogens is 5. The van der Waals surface area contributed by atoms with Gasteiger partial charge in [-0.25, -0.2) is 8.78 Å². The lowest BCUT2D eigenvalue weighted by Gasteiger charge is -2.13. The minimum Gasteiger partial charge on any atom is -0.395 e. The molecule has 3 N–H and O–H groups in total. The summed E-state index contributed by atoms with van der Waals surface area (Å²) in [7, 11) is 0. The lowest BCUT2D eigenvalue weighted by molar-refractivity contribution is 0.587. The Morgan fingerprint density at radius 1 is 1.05 bits per heavy atom. The summed E-state index contributed by atoms with van der Waals surface area (Å²) < 4.78 is 27.1. The Kier molecular flexibility index (Phi) is 4.18. The van der Waals surface area contributed by atoms with Crippen LogP contribution in [0.2, 0.25) is 10.0 Å². The zero-order valence-electron chi connectivity index (χ0n) is 9.28. The van der Waals surface area contributed by atoms with Crippen LogP contribution in [0.1, 0.15) is 0 Å². The van der Waals surface area contributed by atoms with Crippen LogP contribution in [0.25, 0.3) is 0 Å². The van der Waals surface area contributed by atoms with Crippen LogP contribution in [0.15, 0.2) is 28.7 Å². The number of nitrogens with one attached hydrogen (secondary N) is 1. The van der Waals surface area contributed by atoms with E-state index in [0.29, 0.717) is 21.2 Å². The van der Waals surface area contributed by atoms with Crippen molar-refractivity contribution in [1.82, 2.24) is 0 Å². The van der Waals surface area contributed by atoms with Crippen molar-refractivity contribution in [3.05, 3.63) is 50.4 Å². The van der Waals surface area contributed by atoms with E-state index >= 15 is 0 Å². The average Bonchev–Trinajstić information content (AvgIpc) is 2.36. The van der Waals surface area contributed by atoms with Crippen LogP contribution >= 0.6 is 39.1 Å². The number of anilines is 3. The van der Waals surface area contributed by atoms with Gasteiger partial charge in [0.1, 0.15) is 5.82 Å². The van der Waals surface area contributed by atoms with Gasteiger partial charge >= 0.3 is 0 Å². The van der Waals surface area contributed by atoms with Crippen LogP contribution in [-0.2, 0) is 0 Å². The molecule has 0 aliphatic rings. The molecule has 2 nitrogen and oxygen atoms in total. The molecular weight excluding hydrogens is 361 g/mol. The lowest BCUT2D eigenvalue weighted by Crippen LogP contribution is -2.00. The molecule has 100 valence electrons. The average molecular weight is 368 g/mol. The molecule has 0 spiro atoms. The molecule has 0 aromatic heterocycles. The first-order valence-electron chi connectivity index (χ1n) is 5.05. The number of rotatable bonds is 2. The maximum absolute atomic E-state index is 13.3. The summed E-state index contributed by atoms with van der Waals surface area (Å²) in [5, 5.41) is 3.26. The van der Waals surface area contributed by atoms with E-state index in [1.807, 2.05) is 0 Å². The molecule has 2 aromatic rings. The van der Waals surface area contributed by atoms with Crippen LogP contribution in [0.3, 0.4) is 0 Å². The Labute approximate surface area is 126 Å². The van der Waals surface area contributed by atoms with Crippen molar-refractivity contribution >= 4 is 56.2 Å². The van der Waals surface area contributed by atoms with Crippen molar-refractivity contribution in [2.45, 2.75) is 0 Å². The smallest absolute Gasteiger partial charge is 0.151 e. The Hall–Kier alpha value is -1.04. The molecule has 2 rings (SSSR count). The minimum absolute atomic E-state index is 0.0813. The fraction of sp³-hybridized carbons (Fsp3) is 0. The molecule has 0 aliphatic heterocycles. The second kappa shape index (κ2) is 5.53. The van der Waals surface area contributed by atoms with E-state index in [1.165, 1.54) is 0 Å². The lowest BCUT2D eigenvalue weighted by atomic mass is 10.2. The van der Waals surface area contributed by atoms with Gasteiger partial charge in [-0.3, -0.25) is 0 Å². The quantitative estimate of drug-likeness (QED) is 0.553. The first-order valence-corrected chi connectivity index (χ1v) is 6.60. The molecule has 7 heteroatoms. The summed E-state index contributed by atoms with van der Waals surface area (Å²) >= 11 is 15.2. The number of nitrogens with two attached hydrogens (primary N) is 1. The van der Waals surface area contributed by atoms with Gasteiger partial charge in [-0.2, -0.15) is 0 Å². The third-order valence-electron chi connectivity index (χ3n) is 2.40. The van der Waals surface area contributed by atoms with E-state index in [-0.39, 0.29) is 16.4 Å². The predicted molar refractivity (Wildman–Crippen MR) is 78.2 cm³/mol. The Bertz CT molecular complexity index is 650. The highest BCUT2D eigenvalue weighted by Gasteiger charge is 2.12. The fourth-order valence-electron chi connectivity index (χ4n) is 1.46. The van der Waals surface area contributed by atoms with E-state index in [1.54, 1.807) is 12.1 Å². The molecule has 2 aromatic carbocycles. The molecule has 0 aliphatic carbocycles. The second-order valence-corrected chi connectivity index (χ2v) is 5.31. The Morgan fingerprint density at radius 3 is 2.42 bits per heavy atom. The van der Waals surface area contributed by atoms with Gasteiger partial charge in [-0.1, -0.05) is 23.2 Å². The maximum Gasteiger partial charge on any atom is 0.151 e. The molecule has 0 amide bonds. The van der Waals surface area contributed by atoms with Crippen LogP contribution in [0.5, 0.6) is 0 Å². The van der Waals surface area contributed by atoms with Gasteiger partial charge in [-0.15, -0.1) is 0 Å². The van der Waals surface area contributed by atoms with Crippen molar-refractivity contribution in [3.8, 4) is 0 Å². The SMILES string of the molecule is Nc1c(F)cc(F)cc1Nc1ccc(Br)c(Cl)c1Cl. The zero-order valence-corrected chi connectivity index (χ0v) is 12.4. The van der Waals surface area contributed by atoms with E-state index in [4.69, 9.17) is 28.9 Å². The molecule has 19 heavy (non-hydrogen) atoms. The zero-order chi connectivity index (χ0) is 14.2. The van der Waals surface area contributed by atoms with E-state index < -0.39 is 11.6 Å². The van der Waals surface area contributed by atoms with Gasteiger partial charge in [0.05, 0.1) is 27.1 Å². The molecule has 0 saturated heterocycles. The Morgan fingerprint density at radius 2 is 1.74 bits per heavy atom. The molecule has 0 fully saturated rings. The largest absolute Gasteiger partial charge is 0.395 e. The number of hydrogen-bond acceptors (Lipinski definition) is 2. The van der Waals surface area contributed by atoms with Crippen molar-refractivity contribution in [2.24, 2.45) is 0 Å². The van der Waals surface area contributed by atoms with E-state index in [2.05, 4.69) is 21.2 Å². The topological polar surface area (TPSA) is 38.0 Å². The predicted octanol–water partition coefficient (Wildman–Crippen LogP) is 5.36. The standard InChI is InChI=1S/C12H7BrCl2F2N2/c13-6-1-2-8(11(15)10(6)14)19-9-4-5(16)3-7(17)12(9)18/h1-4,19H,18H2. The third-order valence-corrected chi connectivity index (χ3v) is 4.17. The highest BCUT2D eigenvalue weighted by molar-refractivity contribution is 9.10. The van der Waals surface area contributed by atoms with Gasteiger partial charge in [0.15, 0.2) is 5.82 Å². The van der Waals surface area contributed by atoms with Gasteiger partial charge in [0.2, 0.25) is 0 Å². The Balaban J connectivity index is 2.45. The van der Waals surface area contributed by atoms with Crippen LogP contribution in [0, 0.1) is 11.6 Å². The first kappa shape index (κ1) is 14.4. The summed E-state index contributed by atoms with van der Waals surface area (Å²) in [6.45, 7) is 0. The summed E-state index contributed by atoms with van der Waals surface area (Å²) in [4.78, 5) is 0. The minimum atomic E-state index is -0.846. The summed E-state index contributed by atoms with van der Waals surface area (Å²) in [5.74, 6) is -1.59. The van der Waals surface area contributed by atoms with E-state index in [0.717, 1.165) is 6.07 Å². The summed E-state index contributed by atoms with van der Waals surface area (Å²) in [5.41, 5.74) is 5.81. The fourth-order valence-corrected chi connectivity index (χ4v) is 2.28. The van der Waals surface area contributed by atoms with Gasteiger partial charge in [-0.05, 0) is 34.1 Å². The molecule has 0 saturated carbocycles. The third kappa shape index (κ3) is 2.94. The van der Waals surface area contributed by atoms with Crippen molar-refractivity contribution in [3.63, 3.8) is 0 Å². The molecule has 0 radical (unpaired) electrons. The van der Waals surface area contributed by atoms with Crippen LogP contribution in [0.4, 0.5) is 25.8 Å². The van der Waals surface area contributed by atoms with Crippen LogP contribution < -0.4 is 11.1 Å². The molecule has 0 atom stereocenters. The van der Waals surface area contributed by atoms with Crippen molar-refractivity contribution in [1.29, 1.82) is 0 Å². The molecule has 0 heterocycles. The van der Waals surface area contributed by atoms with Gasteiger partial charge < -0.3 is 11.1 Å². The van der Waals surface area contributed by atoms with E-state index in [9.17, 15) is 8.78 Å². The number of hydrogen-bond donors (Lipinski definition) is 2. The summed E-state index contributed by atoms with van der Waals surface area (Å²) in [6.07, 6.45) is 0. The maximum atomic E-state index is 13.3. The normalized spacial score (nSPS) is 10.6. The highest BCUT2D eigenvalue weighted by Crippen LogP contribution is 2.38. The van der Waals surface area contributed by atoms with Crippen molar-refractivity contribution < 1.29 is 8.78 Å². The second-order valence-electron chi connectivity index (χ2n) is 3.70. The molecule has 0 bridgehead atoms. The van der Waals surface area contributed by atoms with Gasteiger partial charge in [0.25, 0.3) is 0 Å². The number of benzene rings is 2. The highest BCUT2D eigenvalue weighted by atomic mass is 79.9. The summed E-state index contributed by atoms with van der Waals surface area (Å²) in [6, 6.07) is 5.05. The van der Waals surface area contributed by atoms with Crippen molar-refractivity contribution in [2.75, 3.05) is 11.1 Å². The molecular formula is C12H7BrCl2F2N2. The van der Waals surface area contributed by atoms with Gasteiger partial charge in [0, 0.05) is 10.5 Å². The molecule has 0 unspecified atom stereocenters. The first-order chi connectivity index (χ1) is 8.90. The number of nitrogen functional groups attached to an aromatic ring is 1.